The molecule has 1 saturated heterocycles. The lowest BCUT2D eigenvalue weighted by Gasteiger charge is -2.30. The van der Waals surface area contributed by atoms with Crippen LogP contribution in [0.15, 0.2) is 54.6 Å². The lowest BCUT2D eigenvalue weighted by Crippen LogP contribution is -2.30. The molecule has 0 bridgehead atoms. The minimum atomic E-state index is 0.182. The molecule has 1 aromatic heterocycles. The number of nitrogens with one attached hydrogen (secondary N) is 1. The van der Waals surface area contributed by atoms with E-state index in [1.807, 2.05) is 12.1 Å². The number of para-hydroxylation sites is 1. The molecule has 112 valence electrons. The second-order valence-corrected chi connectivity index (χ2v) is 6.65. The molecule has 2 atom stereocenters. The Morgan fingerprint density at radius 2 is 1.86 bits per heavy atom. The predicted octanol–water partition coefficient (Wildman–Crippen LogP) is 4.63. The van der Waals surface area contributed by atoms with Gasteiger partial charge in [0.1, 0.15) is 0 Å². The van der Waals surface area contributed by atoms with Gasteiger partial charge in [0.15, 0.2) is 5.13 Å². The van der Waals surface area contributed by atoms with Gasteiger partial charge in [0.2, 0.25) is 0 Å². The number of aromatic nitrogens is 1. The molecule has 3 aromatic rings. The molecule has 0 aliphatic carbocycles. The average molecular weight is 310 g/mol. The van der Waals surface area contributed by atoms with Gasteiger partial charge in [0, 0.05) is 12.6 Å². The Labute approximate surface area is 134 Å². The quantitative estimate of drug-likeness (QED) is 0.766. The van der Waals surface area contributed by atoms with E-state index in [-0.39, 0.29) is 6.10 Å². The van der Waals surface area contributed by atoms with Crippen LogP contribution in [0.1, 0.15) is 24.5 Å². The van der Waals surface area contributed by atoms with E-state index < -0.39 is 0 Å². The first kappa shape index (κ1) is 13.7. The summed E-state index contributed by atoms with van der Waals surface area (Å²) in [5.41, 5.74) is 2.33. The van der Waals surface area contributed by atoms with E-state index in [2.05, 4.69) is 52.8 Å². The number of ether oxygens (including phenoxy) is 1. The van der Waals surface area contributed by atoms with E-state index in [4.69, 9.17) is 4.74 Å². The number of anilines is 1. The normalized spacial score (nSPS) is 21.8. The Hall–Kier alpha value is -1.91. The monoisotopic (exact) mass is 310 g/mol. The van der Waals surface area contributed by atoms with Crippen LogP contribution in [0, 0.1) is 0 Å². The van der Waals surface area contributed by atoms with Crippen LogP contribution < -0.4 is 5.32 Å². The third-order valence-corrected chi connectivity index (χ3v) is 5.04. The number of hydrogen-bond acceptors (Lipinski definition) is 4. The standard InChI is InChI=1S/C18H18N2OS/c1-2-6-13(7-3-1)16-12-14(10-11-21-16)19-18-20-15-8-4-5-9-17(15)22-18/h1-9,14,16H,10-12H2,(H,19,20). The van der Waals surface area contributed by atoms with Gasteiger partial charge in [0.25, 0.3) is 0 Å². The van der Waals surface area contributed by atoms with Crippen molar-refractivity contribution in [2.75, 3.05) is 11.9 Å². The van der Waals surface area contributed by atoms with Gasteiger partial charge in [-0.15, -0.1) is 0 Å². The summed E-state index contributed by atoms with van der Waals surface area (Å²) in [6, 6.07) is 19.2. The average Bonchev–Trinajstić information content (AvgIpc) is 2.98. The number of hydrogen-bond donors (Lipinski definition) is 1. The molecule has 2 unspecified atom stereocenters. The summed E-state index contributed by atoms with van der Waals surface area (Å²) in [6.07, 6.45) is 2.20. The molecule has 2 aromatic carbocycles. The van der Waals surface area contributed by atoms with Gasteiger partial charge in [-0.05, 0) is 30.5 Å². The molecule has 2 heterocycles. The van der Waals surface area contributed by atoms with Gasteiger partial charge < -0.3 is 10.1 Å². The van der Waals surface area contributed by atoms with Crippen molar-refractivity contribution in [1.29, 1.82) is 0 Å². The third-order valence-electron chi connectivity index (χ3n) is 4.08. The van der Waals surface area contributed by atoms with E-state index >= 15 is 0 Å². The highest BCUT2D eigenvalue weighted by Crippen LogP contribution is 2.32. The molecule has 1 aliphatic heterocycles. The number of fused-ring (bicyclic) bond motifs is 1. The van der Waals surface area contributed by atoms with Crippen LogP contribution in [-0.4, -0.2) is 17.6 Å². The molecule has 3 nitrogen and oxygen atoms in total. The highest BCUT2D eigenvalue weighted by atomic mass is 32.1. The smallest absolute Gasteiger partial charge is 0.184 e. The minimum Gasteiger partial charge on any atom is -0.373 e. The van der Waals surface area contributed by atoms with Crippen molar-refractivity contribution in [2.24, 2.45) is 0 Å². The van der Waals surface area contributed by atoms with Crippen LogP contribution in [0.3, 0.4) is 0 Å². The summed E-state index contributed by atoms with van der Waals surface area (Å²) in [4.78, 5) is 4.67. The zero-order valence-electron chi connectivity index (χ0n) is 12.2. The Kier molecular flexibility index (Phi) is 3.79. The molecule has 0 saturated carbocycles. The van der Waals surface area contributed by atoms with Crippen molar-refractivity contribution in [3.05, 3.63) is 60.2 Å². The summed E-state index contributed by atoms with van der Waals surface area (Å²) in [6.45, 7) is 0.794. The molecule has 1 aliphatic rings. The second kappa shape index (κ2) is 6.07. The van der Waals surface area contributed by atoms with Crippen LogP contribution in [-0.2, 0) is 4.74 Å². The molecule has 0 radical (unpaired) electrons. The first-order chi connectivity index (χ1) is 10.9. The largest absolute Gasteiger partial charge is 0.373 e. The summed E-state index contributed by atoms with van der Waals surface area (Å²) in [7, 11) is 0. The van der Waals surface area contributed by atoms with Crippen molar-refractivity contribution in [3.63, 3.8) is 0 Å². The fraction of sp³-hybridized carbons (Fsp3) is 0.278. The van der Waals surface area contributed by atoms with Gasteiger partial charge in [0.05, 0.1) is 16.3 Å². The van der Waals surface area contributed by atoms with Crippen LogP contribution in [0.4, 0.5) is 5.13 Å². The van der Waals surface area contributed by atoms with Crippen molar-refractivity contribution in [1.82, 2.24) is 4.98 Å². The van der Waals surface area contributed by atoms with E-state index in [1.165, 1.54) is 10.3 Å². The Balaban J connectivity index is 1.48. The van der Waals surface area contributed by atoms with Crippen LogP contribution in [0.25, 0.3) is 10.2 Å². The fourth-order valence-corrected chi connectivity index (χ4v) is 3.88. The second-order valence-electron chi connectivity index (χ2n) is 5.62. The summed E-state index contributed by atoms with van der Waals surface area (Å²) >= 11 is 1.72. The van der Waals surface area contributed by atoms with E-state index in [0.717, 1.165) is 30.1 Å². The van der Waals surface area contributed by atoms with Crippen molar-refractivity contribution in [3.8, 4) is 0 Å². The summed E-state index contributed by atoms with van der Waals surface area (Å²) in [5, 5.41) is 4.61. The molecule has 1 fully saturated rings. The number of benzene rings is 2. The van der Waals surface area contributed by atoms with Crippen molar-refractivity contribution < 1.29 is 4.74 Å². The van der Waals surface area contributed by atoms with Crippen molar-refractivity contribution >= 4 is 26.7 Å². The van der Waals surface area contributed by atoms with E-state index in [9.17, 15) is 0 Å². The van der Waals surface area contributed by atoms with Crippen molar-refractivity contribution in [2.45, 2.75) is 25.0 Å². The highest BCUT2D eigenvalue weighted by molar-refractivity contribution is 7.22. The van der Waals surface area contributed by atoms with Gasteiger partial charge in [-0.25, -0.2) is 4.98 Å². The molecular formula is C18H18N2OS. The molecule has 22 heavy (non-hydrogen) atoms. The summed E-state index contributed by atoms with van der Waals surface area (Å²) in [5.74, 6) is 0. The van der Waals surface area contributed by atoms with Crippen LogP contribution in [0.5, 0.6) is 0 Å². The maximum absolute atomic E-state index is 5.93. The Morgan fingerprint density at radius 1 is 1.05 bits per heavy atom. The van der Waals surface area contributed by atoms with Gasteiger partial charge >= 0.3 is 0 Å². The lowest BCUT2D eigenvalue weighted by atomic mass is 9.98. The number of thiazole rings is 1. The highest BCUT2D eigenvalue weighted by Gasteiger charge is 2.24. The number of nitrogens with zero attached hydrogens (tertiary/aromatic N) is 1. The molecule has 0 amide bonds. The van der Waals surface area contributed by atoms with Crippen LogP contribution >= 0.6 is 11.3 Å². The topological polar surface area (TPSA) is 34.2 Å². The fourth-order valence-electron chi connectivity index (χ4n) is 2.94. The number of rotatable bonds is 3. The van der Waals surface area contributed by atoms with Gasteiger partial charge in [-0.2, -0.15) is 0 Å². The first-order valence-electron chi connectivity index (χ1n) is 7.67. The maximum atomic E-state index is 5.93. The zero-order chi connectivity index (χ0) is 14.8. The maximum Gasteiger partial charge on any atom is 0.184 e. The summed E-state index contributed by atoms with van der Waals surface area (Å²) < 4.78 is 7.17. The Morgan fingerprint density at radius 3 is 2.73 bits per heavy atom. The van der Waals surface area contributed by atoms with Gasteiger partial charge in [-0.1, -0.05) is 53.8 Å². The molecular weight excluding hydrogens is 292 g/mol. The lowest BCUT2D eigenvalue weighted by molar-refractivity contribution is 0.00980. The zero-order valence-corrected chi connectivity index (χ0v) is 13.1. The molecule has 0 spiro atoms. The van der Waals surface area contributed by atoms with Crippen LogP contribution in [0.2, 0.25) is 0 Å². The SMILES string of the molecule is c1ccc(C2CC(Nc3nc4ccccc4s3)CCO2)cc1. The van der Waals surface area contributed by atoms with Gasteiger partial charge in [-0.3, -0.25) is 0 Å². The Bertz CT molecular complexity index is 723. The van der Waals surface area contributed by atoms with E-state index in [0.29, 0.717) is 6.04 Å². The molecule has 4 heteroatoms. The predicted molar refractivity (Wildman–Crippen MR) is 91.4 cm³/mol. The molecule has 1 N–H and O–H groups in total. The third kappa shape index (κ3) is 2.85. The first-order valence-corrected chi connectivity index (χ1v) is 8.49. The van der Waals surface area contributed by atoms with E-state index in [1.54, 1.807) is 11.3 Å². The minimum absolute atomic E-state index is 0.182. The molecule has 4 rings (SSSR count).